The van der Waals surface area contributed by atoms with Crippen LogP contribution < -0.4 is 5.32 Å². The van der Waals surface area contributed by atoms with Crippen LogP contribution >= 0.6 is 0 Å². The number of nitrogens with one attached hydrogen (secondary N) is 1. The van der Waals surface area contributed by atoms with Gasteiger partial charge in [-0.2, -0.15) is 0 Å². The van der Waals surface area contributed by atoms with Gasteiger partial charge in [0, 0.05) is 25.7 Å². The summed E-state index contributed by atoms with van der Waals surface area (Å²) in [5.41, 5.74) is -0.195. The Morgan fingerprint density at radius 1 is 1.47 bits per heavy atom. The van der Waals surface area contributed by atoms with E-state index in [1.165, 1.54) is 0 Å². The zero-order chi connectivity index (χ0) is 12.4. The van der Waals surface area contributed by atoms with E-state index in [0.29, 0.717) is 19.6 Å². The molecule has 1 aliphatic rings. The van der Waals surface area contributed by atoms with Crippen molar-refractivity contribution in [2.24, 2.45) is 0 Å². The fraction of sp³-hybridized carbons (Fsp3) is 0.417. The lowest BCUT2D eigenvalue weighted by atomic mass is 10.1. The third kappa shape index (κ3) is 2.61. The van der Waals surface area contributed by atoms with Gasteiger partial charge in [0.2, 0.25) is 0 Å². The molecule has 1 aromatic carbocycles. The number of amides is 1. The predicted octanol–water partition coefficient (Wildman–Crippen LogP) is 1.40. The van der Waals surface area contributed by atoms with Crippen molar-refractivity contribution in [2.75, 3.05) is 19.6 Å². The van der Waals surface area contributed by atoms with Crippen LogP contribution in [0.5, 0.6) is 0 Å². The molecule has 0 bridgehead atoms. The Labute approximate surface area is 98.4 Å². The fourth-order valence-electron chi connectivity index (χ4n) is 1.95. The molecule has 3 nitrogen and oxygen atoms in total. The molecule has 1 atom stereocenters. The number of halogens is 2. The summed E-state index contributed by atoms with van der Waals surface area (Å²) < 4.78 is 26.4. The number of hydrogen-bond acceptors (Lipinski definition) is 2. The van der Waals surface area contributed by atoms with Gasteiger partial charge in [0.25, 0.3) is 5.91 Å². The Balaban J connectivity index is 2.21. The van der Waals surface area contributed by atoms with Crippen molar-refractivity contribution in [3.63, 3.8) is 0 Å². The molecule has 0 saturated carbocycles. The average Bonchev–Trinajstić information content (AvgIpc) is 2.31. The van der Waals surface area contributed by atoms with Gasteiger partial charge >= 0.3 is 0 Å². The molecule has 0 radical (unpaired) electrons. The predicted molar refractivity (Wildman–Crippen MR) is 59.7 cm³/mol. The molecule has 92 valence electrons. The minimum Gasteiger partial charge on any atom is -0.336 e. The molecule has 1 N–H and O–H groups in total. The number of hydrogen-bond donors (Lipinski definition) is 1. The summed E-state index contributed by atoms with van der Waals surface area (Å²) in [7, 11) is 0. The standard InChI is InChI=1S/C12H14F2N2O/c1-8-7-16(5-4-15-8)12(17)10-6-9(13)2-3-11(10)14/h2-3,6,8,15H,4-5,7H2,1H3/t8-/m1/s1. The first-order valence-electron chi connectivity index (χ1n) is 5.55. The van der Waals surface area contributed by atoms with E-state index in [-0.39, 0.29) is 11.6 Å². The monoisotopic (exact) mass is 240 g/mol. The van der Waals surface area contributed by atoms with Crippen LogP contribution in [0.15, 0.2) is 18.2 Å². The Morgan fingerprint density at radius 2 is 2.24 bits per heavy atom. The van der Waals surface area contributed by atoms with Crippen molar-refractivity contribution in [1.82, 2.24) is 10.2 Å². The minimum absolute atomic E-state index is 0.171. The summed E-state index contributed by atoms with van der Waals surface area (Å²) in [4.78, 5) is 13.6. The van der Waals surface area contributed by atoms with Crippen LogP contribution in [-0.4, -0.2) is 36.5 Å². The van der Waals surface area contributed by atoms with Gasteiger partial charge in [0.1, 0.15) is 11.6 Å². The molecule has 1 saturated heterocycles. The SMILES string of the molecule is C[C@@H]1CN(C(=O)c2cc(F)ccc2F)CCN1. The molecule has 0 aromatic heterocycles. The zero-order valence-electron chi connectivity index (χ0n) is 9.54. The highest BCUT2D eigenvalue weighted by atomic mass is 19.1. The van der Waals surface area contributed by atoms with Gasteiger partial charge in [0.05, 0.1) is 5.56 Å². The number of nitrogens with zero attached hydrogens (tertiary/aromatic N) is 1. The first-order valence-corrected chi connectivity index (χ1v) is 5.55. The smallest absolute Gasteiger partial charge is 0.257 e. The third-order valence-electron chi connectivity index (χ3n) is 2.81. The van der Waals surface area contributed by atoms with Gasteiger partial charge in [-0.05, 0) is 25.1 Å². The van der Waals surface area contributed by atoms with E-state index in [0.717, 1.165) is 18.2 Å². The van der Waals surface area contributed by atoms with E-state index in [1.54, 1.807) is 4.90 Å². The number of benzene rings is 1. The lowest BCUT2D eigenvalue weighted by molar-refractivity contribution is 0.0704. The number of piperazine rings is 1. The Hall–Kier alpha value is -1.49. The Bertz CT molecular complexity index is 437. The maximum absolute atomic E-state index is 13.4. The summed E-state index contributed by atoms with van der Waals surface area (Å²) in [5, 5.41) is 3.18. The minimum atomic E-state index is -0.678. The van der Waals surface area contributed by atoms with Crippen LogP contribution in [0, 0.1) is 11.6 Å². The van der Waals surface area contributed by atoms with Crippen molar-refractivity contribution in [3.05, 3.63) is 35.4 Å². The molecule has 1 amide bonds. The van der Waals surface area contributed by atoms with E-state index < -0.39 is 17.5 Å². The van der Waals surface area contributed by atoms with E-state index in [1.807, 2.05) is 6.92 Å². The van der Waals surface area contributed by atoms with Crippen molar-refractivity contribution < 1.29 is 13.6 Å². The topological polar surface area (TPSA) is 32.3 Å². The van der Waals surface area contributed by atoms with Crippen molar-refractivity contribution in [1.29, 1.82) is 0 Å². The second-order valence-electron chi connectivity index (χ2n) is 4.23. The Morgan fingerprint density at radius 3 is 2.94 bits per heavy atom. The highest BCUT2D eigenvalue weighted by Crippen LogP contribution is 2.13. The van der Waals surface area contributed by atoms with Gasteiger partial charge in [-0.3, -0.25) is 4.79 Å². The van der Waals surface area contributed by atoms with Crippen LogP contribution in [0.2, 0.25) is 0 Å². The van der Waals surface area contributed by atoms with Crippen LogP contribution in [0.4, 0.5) is 8.78 Å². The molecule has 1 fully saturated rings. The van der Waals surface area contributed by atoms with Crippen molar-refractivity contribution >= 4 is 5.91 Å². The number of rotatable bonds is 1. The normalized spacial score (nSPS) is 20.4. The van der Waals surface area contributed by atoms with Crippen LogP contribution in [0.25, 0.3) is 0 Å². The number of carbonyl (C=O) groups excluding carboxylic acids is 1. The van der Waals surface area contributed by atoms with Gasteiger partial charge < -0.3 is 10.2 Å². The number of carbonyl (C=O) groups is 1. The molecule has 0 spiro atoms. The average molecular weight is 240 g/mol. The van der Waals surface area contributed by atoms with Gasteiger partial charge in [-0.25, -0.2) is 8.78 Å². The van der Waals surface area contributed by atoms with Crippen LogP contribution in [-0.2, 0) is 0 Å². The van der Waals surface area contributed by atoms with E-state index in [2.05, 4.69) is 5.32 Å². The molecule has 0 aliphatic carbocycles. The summed E-state index contributed by atoms with van der Waals surface area (Å²) in [5.74, 6) is -1.73. The quantitative estimate of drug-likeness (QED) is 0.804. The van der Waals surface area contributed by atoms with Gasteiger partial charge in [0.15, 0.2) is 0 Å². The zero-order valence-corrected chi connectivity index (χ0v) is 9.54. The summed E-state index contributed by atoms with van der Waals surface area (Å²) in [6, 6.07) is 3.11. The first kappa shape index (κ1) is 12.0. The largest absolute Gasteiger partial charge is 0.336 e. The third-order valence-corrected chi connectivity index (χ3v) is 2.81. The molecule has 5 heteroatoms. The lowest BCUT2D eigenvalue weighted by Gasteiger charge is -2.32. The van der Waals surface area contributed by atoms with Crippen molar-refractivity contribution in [3.8, 4) is 0 Å². The second-order valence-corrected chi connectivity index (χ2v) is 4.23. The molecule has 1 aromatic rings. The Kier molecular flexibility index (Phi) is 3.38. The molecule has 1 aliphatic heterocycles. The van der Waals surface area contributed by atoms with Crippen LogP contribution in [0.1, 0.15) is 17.3 Å². The van der Waals surface area contributed by atoms with Gasteiger partial charge in [-0.15, -0.1) is 0 Å². The highest BCUT2D eigenvalue weighted by Gasteiger charge is 2.23. The van der Waals surface area contributed by atoms with Gasteiger partial charge in [-0.1, -0.05) is 0 Å². The summed E-state index contributed by atoms with van der Waals surface area (Å²) >= 11 is 0. The van der Waals surface area contributed by atoms with E-state index >= 15 is 0 Å². The van der Waals surface area contributed by atoms with Crippen LogP contribution in [0.3, 0.4) is 0 Å². The highest BCUT2D eigenvalue weighted by molar-refractivity contribution is 5.94. The molecule has 17 heavy (non-hydrogen) atoms. The maximum atomic E-state index is 13.4. The summed E-state index contributed by atoms with van der Waals surface area (Å²) in [6.45, 7) is 3.64. The van der Waals surface area contributed by atoms with E-state index in [9.17, 15) is 13.6 Å². The fourth-order valence-corrected chi connectivity index (χ4v) is 1.95. The molecule has 2 rings (SSSR count). The lowest BCUT2D eigenvalue weighted by Crippen LogP contribution is -2.51. The second kappa shape index (κ2) is 4.79. The maximum Gasteiger partial charge on any atom is 0.257 e. The first-order chi connectivity index (χ1) is 8.08. The molecular weight excluding hydrogens is 226 g/mol. The molecular formula is C12H14F2N2O. The summed E-state index contributed by atoms with van der Waals surface area (Å²) in [6.07, 6.45) is 0. The molecule has 0 unspecified atom stereocenters. The molecule has 1 heterocycles. The van der Waals surface area contributed by atoms with Crippen molar-refractivity contribution in [2.45, 2.75) is 13.0 Å². The van der Waals surface area contributed by atoms with E-state index in [4.69, 9.17) is 0 Å².